The van der Waals surface area contributed by atoms with Crippen molar-refractivity contribution in [2.75, 3.05) is 54.9 Å². The number of ether oxygens (including phenoxy) is 1. The van der Waals surface area contributed by atoms with Crippen molar-refractivity contribution in [1.82, 2.24) is 15.2 Å². The Morgan fingerprint density at radius 1 is 1.22 bits per heavy atom. The van der Waals surface area contributed by atoms with Gasteiger partial charge in [0, 0.05) is 55.6 Å². The molecule has 0 saturated carbocycles. The second-order valence-electron chi connectivity index (χ2n) is 9.37. The van der Waals surface area contributed by atoms with Gasteiger partial charge in [-0.25, -0.2) is 13.8 Å². The van der Waals surface area contributed by atoms with Crippen molar-refractivity contribution in [2.24, 2.45) is 0 Å². The molecule has 3 aliphatic heterocycles. The zero-order chi connectivity index (χ0) is 25.9. The third kappa shape index (κ3) is 5.14. The van der Waals surface area contributed by atoms with Gasteiger partial charge in [-0.3, -0.25) is 10.1 Å². The number of rotatable bonds is 7. The molecule has 2 atom stereocenters. The van der Waals surface area contributed by atoms with Crippen LogP contribution in [-0.2, 0) is 20.9 Å². The van der Waals surface area contributed by atoms with E-state index in [1.54, 1.807) is 11.0 Å². The smallest absolute Gasteiger partial charge is 0.246 e. The number of likely N-dealkylation sites (tertiary alicyclic amines) is 1. The highest BCUT2D eigenvalue weighted by Crippen LogP contribution is 2.37. The Kier molecular flexibility index (Phi) is 7.33. The van der Waals surface area contributed by atoms with Crippen LogP contribution in [0.3, 0.4) is 0 Å². The van der Waals surface area contributed by atoms with Crippen LogP contribution < -0.4 is 20.9 Å². The number of piperidine rings is 1. The number of pyridine rings is 1. The lowest BCUT2D eigenvalue weighted by atomic mass is 10.0. The predicted molar refractivity (Wildman–Crippen MR) is 136 cm³/mol. The van der Waals surface area contributed by atoms with E-state index in [2.05, 4.69) is 27.5 Å². The van der Waals surface area contributed by atoms with Crippen molar-refractivity contribution in [3.63, 3.8) is 0 Å². The predicted octanol–water partition coefficient (Wildman–Crippen LogP) is 2.87. The molecule has 3 N–H and O–H groups in total. The Hall–Kier alpha value is -3.57. The molecule has 2 saturated heterocycles. The van der Waals surface area contributed by atoms with Crippen LogP contribution in [-0.4, -0.2) is 67.5 Å². The van der Waals surface area contributed by atoms with Crippen molar-refractivity contribution < 1.29 is 23.1 Å². The highest BCUT2D eigenvalue weighted by atomic mass is 19.1. The van der Waals surface area contributed by atoms with Crippen molar-refractivity contribution in [2.45, 2.75) is 31.5 Å². The Bertz CT molecular complexity index is 1200. The Balaban J connectivity index is 1.43. The number of carbonyl (C=O) groups excluding carboxylic acids is 2. The molecule has 37 heavy (non-hydrogen) atoms. The van der Waals surface area contributed by atoms with E-state index in [9.17, 15) is 9.59 Å². The first-order valence-electron chi connectivity index (χ1n) is 12.5. The number of hydrogen-bond acceptors (Lipinski definition) is 8. The fraction of sp³-hybridized carbons (Fsp3) is 0.423. The van der Waals surface area contributed by atoms with Crippen LogP contribution in [0.5, 0.6) is 0 Å². The molecule has 1 amide bonds. The molecule has 1 aromatic heterocycles. The molecule has 1 unspecified atom stereocenters. The quantitative estimate of drug-likeness (QED) is 0.385. The minimum Gasteiger partial charge on any atom is -0.378 e. The number of anilines is 4. The molecule has 0 spiro atoms. The maximum absolute atomic E-state index is 15.5. The number of hydrogen-bond donors (Lipinski definition) is 3. The van der Waals surface area contributed by atoms with Gasteiger partial charge in [-0.15, -0.1) is 0 Å². The first kappa shape index (κ1) is 25.1. The molecular formula is C26H30F2N6O3. The lowest BCUT2D eigenvalue weighted by molar-refractivity contribution is -0.127. The summed E-state index contributed by atoms with van der Waals surface area (Å²) in [5.74, 6) is -1.03. The minimum absolute atomic E-state index is 0.00199. The summed E-state index contributed by atoms with van der Waals surface area (Å²) in [6.07, 6.45) is 3.44. The Morgan fingerprint density at radius 2 is 2.03 bits per heavy atom. The number of nitrogens with zero attached hydrogens (tertiary/aromatic N) is 3. The second kappa shape index (κ2) is 10.8. The van der Waals surface area contributed by atoms with Crippen LogP contribution >= 0.6 is 0 Å². The molecule has 196 valence electrons. The molecule has 2 aromatic rings. The molecule has 11 heteroatoms. The first-order chi connectivity index (χ1) is 18.0. The van der Waals surface area contributed by atoms with Gasteiger partial charge in [0.1, 0.15) is 17.9 Å². The van der Waals surface area contributed by atoms with Gasteiger partial charge in [-0.1, -0.05) is 6.58 Å². The lowest BCUT2D eigenvalue weighted by Crippen LogP contribution is -2.44. The van der Waals surface area contributed by atoms with Gasteiger partial charge in [0.25, 0.3) is 0 Å². The van der Waals surface area contributed by atoms with Crippen LogP contribution in [0.4, 0.5) is 31.8 Å². The summed E-state index contributed by atoms with van der Waals surface area (Å²) in [6, 6.07) is 3.88. The van der Waals surface area contributed by atoms with E-state index in [1.165, 1.54) is 12.1 Å². The molecule has 9 nitrogen and oxygen atoms in total. The number of morpholine rings is 1. The molecular weight excluding hydrogens is 482 g/mol. The molecule has 1 aromatic carbocycles. The van der Waals surface area contributed by atoms with E-state index in [0.717, 1.165) is 18.5 Å². The SMILES string of the molecule is C=CC(=O)N1CCCC(Nc2nc(Nc3ccc(N4CCOCC4)cc3F)c3c(c2F)CN[C@H]3C=O)C1. The molecule has 0 aliphatic carbocycles. The summed E-state index contributed by atoms with van der Waals surface area (Å²) in [5, 5.41) is 9.10. The van der Waals surface area contributed by atoms with Crippen molar-refractivity contribution in [3.05, 3.63) is 53.6 Å². The van der Waals surface area contributed by atoms with Gasteiger partial charge in [-0.2, -0.15) is 0 Å². The molecule has 3 aliphatic rings. The van der Waals surface area contributed by atoms with Gasteiger partial charge >= 0.3 is 0 Å². The summed E-state index contributed by atoms with van der Waals surface area (Å²) in [5.41, 5.74) is 1.58. The van der Waals surface area contributed by atoms with Crippen LogP contribution in [0.25, 0.3) is 0 Å². The zero-order valence-corrected chi connectivity index (χ0v) is 20.4. The average molecular weight is 513 g/mol. The van der Waals surface area contributed by atoms with Crippen molar-refractivity contribution >= 4 is 35.2 Å². The number of fused-ring (bicyclic) bond motifs is 1. The fourth-order valence-electron chi connectivity index (χ4n) is 5.12. The number of aromatic nitrogens is 1. The molecule has 4 heterocycles. The Labute approximate surface area is 213 Å². The van der Waals surface area contributed by atoms with Crippen LogP contribution in [0.2, 0.25) is 0 Å². The second-order valence-corrected chi connectivity index (χ2v) is 9.37. The highest BCUT2D eigenvalue weighted by Gasteiger charge is 2.32. The van der Waals surface area contributed by atoms with Crippen LogP contribution in [0.1, 0.15) is 30.0 Å². The van der Waals surface area contributed by atoms with E-state index in [0.29, 0.717) is 56.8 Å². The average Bonchev–Trinajstić information content (AvgIpc) is 3.37. The van der Waals surface area contributed by atoms with E-state index < -0.39 is 17.7 Å². The first-order valence-corrected chi connectivity index (χ1v) is 12.5. The maximum Gasteiger partial charge on any atom is 0.246 e. The van der Waals surface area contributed by atoms with Gasteiger partial charge in [0.15, 0.2) is 11.6 Å². The third-order valence-corrected chi connectivity index (χ3v) is 7.05. The van der Waals surface area contributed by atoms with E-state index in [4.69, 9.17) is 4.74 Å². The van der Waals surface area contributed by atoms with E-state index in [-0.39, 0.29) is 35.8 Å². The largest absolute Gasteiger partial charge is 0.378 e. The highest BCUT2D eigenvalue weighted by molar-refractivity contribution is 5.87. The fourth-order valence-corrected chi connectivity index (χ4v) is 5.12. The van der Waals surface area contributed by atoms with Gasteiger partial charge < -0.3 is 30.0 Å². The lowest BCUT2D eigenvalue weighted by Gasteiger charge is -2.33. The number of benzene rings is 1. The van der Waals surface area contributed by atoms with E-state index in [1.807, 2.05) is 11.0 Å². The minimum atomic E-state index is -0.764. The summed E-state index contributed by atoms with van der Waals surface area (Å²) in [7, 11) is 0. The standard InChI is InChI=1S/C26H30F2N6O3/c1-2-22(36)34-7-3-4-16(14-34)30-26-24(28)18-13-29-21(15-35)23(18)25(32-26)31-20-6-5-17(12-19(20)27)33-8-10-37-11-9-33/h2,5-6,12,15-16,21,29H,1,3-4,7-11,13-14H2,(H2,30,31,32)/t16?,21-/m0/s1. The monoisotopic (exact) mass is 512 g/mol. The number of nitrogens with one attached hydrogen (secondary N) is 3. The number of amides is 1. The molecule has 2 fully saturated rings. The van der Waals surface area contributed by atoms with Crippen LogP contribution in [0.15, 0.2) is 30.9 Å². The van der Waals surface area contributed by atoms with Crippen molar-refractivity contribution in [1.29, 1.82) is 0 Å². The number of aldehydes is 1. The molecule has 5 rings (SSSR count). The topological polar surface area (TPSA) is 98.8 Å². The summed E-state index contributed by atoms with van der Waals surface area (Å²) < 4.78 is 36.0. The van der Waals surface area contributed by atoms with Gasteiger partial charge in [0.2, 0.25) is 5.91 Å². The summed E-state index contributed by atoms with van der Waals surface area (Å²) >= 11 is 0. The molecule has 0 bridgehead atoms. The number of carbonyl (C=O) groups is 2. The maximum atomic E-state index is 15.5. The summed E-state index contributed by atoms with van der Waals surface area (Å²) in [6.45, 7) is 7.21. The van der Waals surface area contributed by atoms with E-state index >= 15 is 8.78 Å². The van der Waals surface area contributed by atoms with Crippen molar-refractivity contribution in [3.8, 4) is 0 Å². The Morgan fingerprint density at radius 3 is 2.76 bits per heavy atom. The zero-order valence-electron chi connectivity index (χ0n) is 20.4. The normalized spacial score (nSPS) is 21.4. The number of halogens is 2. The van der Waals surface area contributed by atoms with Crippen LogP contribution in [0, 0.1) is 11.6 Å². The van der Waals surface area contributed by atoms with Gasteiger partial charge in [0.05, 0.1) is 24.9 Å². The third-order valence-electron chi connectivity index (χ3n) is 7.05. The summed E-state index contributed by atoms with van der Waals surface area (Å²) in [4.78, 5) is 31.9. The molecule has 0 radical (unpaired) electrons. The van der Waals surface area contributed by atoms with Gasteiger partial charge in [-0.05, 0) is 37.1 Å².